The zero-order valence-corrected chi connectivity index (χ0v) is 14.1. The van der Waals surface area contributed by atoms with E-state index >= 15 is 0 Å². The zero-order valence-electron chi connectivity index (χ0n) is 14.1. The molecule has 0 aliphatic heterocycles. The van der Waals surface area contributed by atoms with Gasteiger partial charge in [-0.1, -0.05) is 19.0 Å². The molecule has 0 N–H and O–H groups in total. The van der Waals surface area contributed by atoms with Crippen molar-refractivity contribution in [3.8, 4) is 11.4 Å². The molecule has 0 radical (unpaired) electrons. The molecule has 24 heavy (non-hydrogen) atoms. The summed E-state index contributed by atoms with van der Waals surface area (Å²) in [7, 11) is 1.95. The summed E-state index contributed by atoms with van der Waals surface area (Å²) in [6.07, 6.45) is 5.08. The molecule has 0 fully saturated rings. The average molecular weight is 324 g/mol. The second-order valence-electron chi connectivity index (χ2n) is 5.44. The molecule has 0 saturated carbocycles. The lowest BCUT2D eigenvalue weighted by Gasteiger charge is -2.17. The molecule has 0 saturated heterocycles. The molecule has 3 aromatic rings. The fourth-order valence-electron chi connectivity index (χ4n) is 2.27. The van der Waals surface area contributed by atoms with Gasteiger partial charge in [0.25, 0.3) is 0 Å². The average Bonchev–Trinajstić information content (AvgIpc) is 3.09. The third-order valence-corrected chi connectivity index (χ3v) is 3.66. The van der Waals surface area contributed by atoms with Gasteiger partial charge in [0.15, 0.2) is 11.6 Å². The molecule has 0 aliphatic carbocycles. The third kappa shape index (κ3) is 3.56. The molecular weight excluding hydrogens is 304 g/mol. The fourth-order valence-corrected chi connectivity index (χ4v) is 2.27. The number of hydrogen-bond donors (Lipinski definition) is 0. The van der Waals surface area contributed by atoms with Gasteiger partial charge in [0.1, 0.15) is 5.82 Å². The van der Waals surface area contributed by atoms with Crippen molar-refractivity contribution in [3.63, 3.8) is 0 Å². The molecule has 7 heteroatoms. The van der Waals surface area contributed by atoms with E-state index in [0.717, 1.165) is 29.9 Å². The third-order valence-electron chi connectivity index (χ3n) is 3.66. The lowest BCUT2D eigenvalue weighted by Crippen LogP contribution is -2.19. The van der Waals surface area contributed by atoms with Gasteiger partial charge in [0, 0.05) is 43.2 Å². The van der Waals surface area contributed by atoms with E-state index in [1.807, 2.05) is 37.1 Å². The van der Waals surface area contributed by atoms with Crippen LogP contribution in [0.3, 0.4) is 0 Å². The maximum absolute atomic E-state index is 5.26. The molecular formula is C17H20N6O. The van der Waals surface area contributed by atoms with Gasteiger partial charge in [-0.3, -0.25) is 4.98 Å². The summed E-state index contributed by atoms with van der Waals surface area (Å²) in [4.78, 5) is 19.7. The Balaban J connectivity index is 1.88. The van der Waals surface area contributed by atoms with Crippen molar-refractivity contribution in [1.82, 2.24) is 25.1 Å². The van der Waals surface area contributed by atoms with Crippen LogP contribution in [0.5, 0.6) is 0 Å². The molecule has 0 amide bonds. The van der Waals surface area contributed by atoms with Gasteiger partial charge >= 0.3 is 0 Å². The number of hydrogen-bond acceptors (Lipinski definition) is 7. The minimum atomic E-state index is 0.503. The maximum atomic E-state index is 5.26. The highest BCUT2D eigenvalue weighted by Gasteiger charge is 2.13. The van der Waals surface area contributed by atoms with Gasteiger partial charge in [-0.05, 0) is 18.6 Å². The van der Waals surface area contributed by atoms with Crippen LogP contribution in [0.25, 0.3) is 11.4 Å². The van der Waals surface area contributed by atoms with E-state index in [-0.39, 0.29) is 0 Å². The second kappa shape index (κ2) is 7.16. The predicted octanol–water partition coefficient (Wildman–Crippen LogP) is 2.68. The first-order valence-electron chi connectivity index (χ1n) is 8.00. The van der Waals surface area contributed by atoms with Crippen molar-refractivity contribution < 1.29 is 4.52 Å². The number of anilines is 1. The van der Waals surface area contributed by atoms with Crippen LogP contribution in [-0.2, 0) is 19.4 Å². The highest BCUT2D eigenvalue weighted by molar-refractivity contribution is 5.57. The summed E-state index contributed by atoms with van der Waals surface area (Å²) in [6, 6.07) is 5.80. The molecule has 3 heterocycles. The minimum Gasteiger partial charge on any atom is -0.350 e. The van der Waals surface area contributed by atoms with Crippen molar-refractivity contribution in [3.05, 3.63) is 48.0 Å². The van der Waals surface area contributed by atoms with Crippen LogP contribution in [0.1, 0.15) is 31.3 Å². The highest BCUT2D eigenvalue weighted by Crippen LogP contribution is 2.20. The molecule has 0 atom stereocenters. The summed E-state index contributed by atoms with van der Waals surface area (Å²) in [6.45, 7) is 4.58. The topological polar surface area (TPSA) is 80.8 Å². The fraction of sp³-hybridized carbons (Fsp3) is 0.353. The molecule has 3 rings (SSSR count). The molecule has 0 aliphatic rings. The molecule has 0 spiro atoms. The Labute approximate surface area is 140 Å². The Morgan fingerprint density at radius 1 is 1.04 bits per heavy atom. The molecule has 3 aromatic heterocycles. The second-order valence-corrected chi connectivity index (χ2v) is 5.44. The molecule has 0 unspecified atom stereocenters. The molecule has 0 aromatic carbocycles. The Morgan fingerprint density at radius 2 is 1.83 bits per heavy atom. The van der Waals surface area contributed by atoms with E-state index in [0.29, 0.717) is 24.1 Å². The van der Waals surface area contributed by atoms with Crippen LogP contribution in [0.4, 0.5) is 5.82 Å². The van der Waals surface area contributed by atoms with Crippen LogP contribution < -0.4 is 4.90 Å². The summed E-state index contributed by atoms with van der Waals surface area (Å²) < 4.78 is 5.26. The minimum absolute atomic E-state index is 0.503. The first kappa shape index (κ1) is 16.0. The Kier molecular flexibility index (Phi) is 4.79. The smallest absolute Gasteiger partial charge is 0.246 e. The molecule has 124 valence electrons. The van der Waals surface area contributed by atoms with E-state index in [1.165, 1.54) is 0 Å². The lowest BCUT2D eigenvalue weighted by atomic mass is 10.2. The molecule has 7 nitrogen and oxygen atoms in total. The van der Waals surface area contributed by atoms with Crippen molar-refractivity contribution in [1.29, 1.82) is 0 Å². The Hall–Kier alpha value is -2.83. The van der Waals surface area contributed by atoms with Crippen LogP contribution in [0.15, 0.2) is 35.1 Å². The summed E-state index contributed by atoms with van der Waals surface area (Å²) in [5.74, 6) is 2.81. The number of aromatic nitrogens is 5. The number of aryl methyl sites for hydroxylation is 2. The molecule has 0 bridgehead atoms. The lowest BCUT2D eigenvalue weighted by molar-refractivity contribution is 0.373. The Bertz CT molecular complexity index is 802. The number of pyridine rings is 1. The normalized spacial score (nSPS) is 10.8. The number of nitrogens with zero attached hydrogens (tertiary/aromatic N) is 6. The SMILES string of the molecule is CCc1cc(N(C)Cc2nc(CC)no2)nc(-c2ccncc2)n1. The van der Waals surface area contributed by atoms with Crippen molar-refractivity contribution >= 4 is 5.82 Å². The Morgan fingerprint density at radius 3 is 2.50 bits per heavy atom. The zero-order chi connectivity index (χ0) is 16.9. The first-order valence-corrected chi connectivity index (χ1v) is 8.00. The van der Waals surface area contributed by atoms with E-state index in [1.54, 1.807) is 12.4 Å². The maximum Gasteiger partial charge on any atom is 0.246 e. The van der Waals surface area contributed by atoms with Gasteiger partial charge in [-0.15, -0.1) is 0 Å². The van der Waals surface area contributed by atoms with Crippen molar-refractivity contribution in [2.24, 2.45) is 0 Å². The van der Waals surface area contributed by atoms with Gasteiger partial charge in [-0.2, -0.15) is 4.98 Å². The van der Waals surface area contributed by atoms with Gasteiger partial charge in [0.05, 0.1) is 6.54 Å². The predicted molar refractivity (Wildman–Crippen MR) is 90.4 cm³/mol. The van der Waals surface area contributed by atoms with E-state index in [9.17, 15) is 0 Å². The monoisotopic (exact) mass is 324 g/mol. The standard InChI is InChI=1S/C17H20N6O/c1-4-13-10-15(21-17(19-13)12-6-8-18-9-7-12)23(3)11-16-20-14(5-2)22-24-16/h6-10H,4-5,11H2,1-3H3. The van der Waals surface area contributed by atoms with E-state index < -0.39 is 0 Å². The first-order chi connectivity index (χ1) is 11.7. The summed E-state index contributed by atoms with van der Waals surface area (Å²) in [5, 5.41) is 3.93. The van der Waals surface area contributed by atoms with Crippen LogP contribution in [-0.4, -0.2) is 32.1 Å². The van der Waals surface area contributed by atoms with Crippen molar-refractivity contribution in [2.45, 2.75) is 33.2 Å². The summed E-state index contributed by atoms with van der Waals surface area (Å²) >= 11 is 0. The van der Waals surface area contributed by atoms with Crippen molar-refractivity contribution in [2.75, 3.05) is 11.9 Å². The quantitative estimate of drug-likeness (QED) is 0.689. The van der Waals surface area contributed by atoms with Crippen LogP contribution in [0.2, 0.25) is 0 Å². The number of rotatable bonds is 6. The van der Waals surface area contributed by atoms with Gasteiger partial charge in [-0.25, -0.2) is 9.97 Å². The van der Waals surface area contributed by atoms with Crippen LogP contribution >= 0.6 is 0 Å². The van der Waals surface area contributed by atoms with E-state index in [2.05, 4.69) is 32.0 Å². The summed E-state index contributed by atoms with van der Waals surface area (Å²) in [5.41, 5.74) is 1.93. The van der Waals surface area contributed by atoms with Gasteiger partial charge < -0.3 is 9.42 Å². The largest absolute Gasteiger partial charge is 0.350 e. The van der Waals surface area contributed by atoms with Gasteiger partial charge in [0.2, 0.25) is 5.89 Å². The van der Waals surface area contributed by atoms with E-state index in [4.69, 9.17) is 4.52 Å². The highest BCUT2D eigenvalue weighted by atomic mass is 16.5. The van der Waals surface area contributed by atoms with Crippen LogP contribution in [0, 0.1) is 0 Å².